The Morgan fingerprint density at radius 3 is 1.53 bits per heavy atom. The summed E-state index contributed by atoms with van der Waals surface area (Å²) in [5, 5.41) is 5.13. The van der Waals surface area contributed by atoms with Crippen molar-refractivity contribution in [2.24, 2.45) is 0 Å². The summed E-state index contributed by atoms with van der Waals surface area (Å²) in [5.74, 6) is 0. The zero-order valence-corrected chi connectivity index (χ0v) is 33.7. The summed E-state index contributed by atoms with van der Waals surface area (Å²) in [5.41, 5.74) is 15.3. The first kappa shape index (κ1) is 35.6. The van der Waals surface area contributed by atoms with Gasteiger partial charge in [-0.2, -0.15) is 0 Å². The lowest BCUT2D eigenvalue weighted by molar-refractivity contribution is 1.28. The van der Waals surface area contributed by atoms with E-state index in [2.05, 4.69) is 241 Å². The monoisotopic (exact) mass is 781 g/mol. The van der Waals surface area contributed by atoms with Crippen LogP contribution in [0.5, 0.6) is 0 Å². The molecule has 0 spiro atoms. The van der Waals surface area contributed by atoms with Crippen molar-refractivity contribution in [3.63, 3.8) is 0 Å². The molecule has 0 bridgehead atoms. The van der Waals surface area contributed by atoms with Crippen molar-refractivity contribution < 1.29 is 0 Å². The van der Waals surface area contributed by atoms with Crippen LogP contribution < -0.4 is 4.90 Å². The van der Waals surface area contributed by atoms with E-state index >= 15 is 0 Å². The van der Waals surface area contributed by atoms with Crippen LogP contribution in [0.25, 0.3) is 86.6 Å². The van der Waals surface area contributed by atoms with Crippen LogP contribution in [-0.4, -0.2) is 0 Å². The van der Waals surface area contributed by atoms with E-state index in [-0.39, 0.29) is 0 Å². The fourth-order valence-corrected chi connectivity index (χ4v) is 9.98. The molecule has 0 radical (unpaired) electrons. The highest BCUT2D eigenvalue weighted by Crippen LogP contribution is 2.47. The van der Waals surface area contributed by atoms with E-state index in [4.69, 9.17) is 0 Å². The second-order valence-electron chi connectivity index (χ2n) is 15.2. The number of hydrogen-bond acceptors (Lipinski definition) is 2. The van der Waals surface area contributed by atoms with Crippen LogP contribution in [0, 0.1) is 0 Å². The molecule has 11 aromatic rings. The van der Waals surface area contributed by atoms with Gasteiger partial charge in [0.2, 0.25) is 0 Å². The lowest BCUT2D eigenvalue weighted by atomic mass is 9.94. The van der Waals surface area contributed by atoms with Gasteiger partial charge >= 0.3 is 0 Å². The summed E-state index contributed by atoms with van der Waals surface area (Å²) in [6, 6.07) is 86.2. The van der Waals surface area contributed by atoms with Crippen LogP contribution in [0.1, 0.15) is 0 Å². The summed E-state index contributed by atoms with van der Waals surface area (Å²) in [4.78, 5) is 2.45. The molecule has 0 saturated heterocycles. The maximum atomic E-state index is 2.45. The maximum absolute atomic E-state index is 2.45. The first-order chi connectivity index (χ1) is 29.8. The summed E-state index contributed by atoms with van der Waals surface area (Å²) >= 11 is 1.86. The van der Waals surface area contributed by atoms with Crippen molar-refractivity contribution in [3.8, 4) is 55.6 Å². The molecule has 10 aromatic carbocycles. The predicted octanol–water partition coefficient (Wildman–Crippen LogP) is 17.0. The third kappa shape index (κ3) is 6.44. The number of benzene rings is 10. The van der Waals surface area contributed by atoms with Crippen LogP contribution in [0.15, 0.2) is 237 Å². The molecule has 0 aliphatic heterocycles. The predicted molar refractivity (Wildman–Crippen MR) is 259 cm³/mol. The number of fused-ring (bicyclic) bond motifs is 4. The topological polar surface area (TPSA) is 3.24 Å². The van der Waals surface area contributed by atoms with Crippen LogP contribution >= 0.6 is 11.3 Å². The van der Waals surface area contributed by atoms with Gasteiger partial charge in [0, 0.05) is 37.0 Å². The van der Waals surface area contributed by atoms with Gasteiger partial charge in [-0.1, -0.05) is 194 Å². The molecule has 0 atom stereocenters. The SMILES string of the molecule is c1ccc(-c2ccc(-c3ccccc3N(c3ccc(-c4cccc5sc6ccccc6c45)cc3)c3ccccc3-c3cccc(-c4cccc5ccccc45)c3)cc2)cc1. The standard InChI is InChI=1S/C58H39NS/c1-2-15-40(16-3-1)41-31-33-43(34-32-41)50-22-6-9-27-54(50)59(47-37-35-44(36-38-47)52-26-14-30-57-58(52)53-24-8-11-29-56(53)60-57)55-28-10-7-23-51(55)46-20-12-19-45(39-46)49-25-13-18-42-17-4-5-21-48(42)49/h1-39H. The van der Waals surface area contributed by atoms with Gasteiger partial charge in [0.1, 0.15) is 0 Å². The van der Waals surface area contributed by atoms with Crippen molar-refractivity contribution in [1.82, 2.24) is 0 Å². The minimum Gasteiger partial charge on any atom is -0.309 e. The Hall–Kier alpha value is -7.52. The van der Waals surface area contributed by atoms with Crippen LogP contribution in [0.2, 0.25) is 0 Å². The Balaban J connectivity index is 1.07. The molecule has 0 aliphatic carbocycles. The van der Waals surface area contributed by atoms with Crippen LogP contribution in [0.4, 0.5) is 17.1 Å². The lowest BCUT2D eigenvalue weighted by Crippen LogP contribution is -2.12. The largest absolute Gasteiger partial charge is 0.309 e. The lowest BCUT2D eigenvalue weighted by Gasteiger charge is -2.30. The molecule has 0 fully saturated rings. The van der Waals surface area contributed by atoms with Gasteiger partial charge in [-0.25, -0.2) is 0 Å². The molecule has 0 aliphatic rings. The molecule has 0 amide bonds. The second-order valence-corrected chi connectivity index (χ2v) is 16.3. The molecule has 2 heteroatoms. The fourth-order valence-electron chi connectivity index (χ4n) is 8.84. The van der Waals surface area contributed by atoms with Crippen molar-refractivity contribution in [2.75, 3.05) is 4.90 Å². The highest BCUT2D eigenvalue weighted by atomic mass is 32.1. The van der Waals surface area contributed by atoms with Crippen LogP contribution in [-0.2, 0) is 0 Å². The number of nitrogens with zero attached hydrogens (tertiary/aromatic N) is 1. The number of rotatable bonds is 8. The number of thiophene rings is 1. The van der Waals surface area contributed by atoms with E-state index in [0.717, 1.165) is 28.2 Å². The Morgan fingerprint density at radius 1 is 0.283 bits per heavy atom. The average molecular weight is 782 g/mol. The van der Waals surface area contributed by atoms with Crippen molar-refractivity contribution in [3.05, 3.63) is 237 Å². The zero-order chi connectivity index (χ0) is 39.8. The minimum atomic E-state index is 1.09. The van der Waals surface area contributed by atoms with E-state index in [0.29, 0.717) is 0 Å². The Labute approximate surface area is 354 Å². The average Bonchev–Trinajstić information content (AvgIpc) is 3.72. The van der Waals surface area contributed by atoms with Gasteiger partial charge in [0.25, 0.3) is 0 Å². The molecule has 0 N–H and O–H groups in total. The molecule has 0 unspecified atom stereocenters. The van der Waals surface area contributed by atoms with E-state index in [1.165, 1.54) is 75.5 Å². The van der Waals surface area contributed by atoms with E-state index in [1.54, 1.807) is 0 Å². The number of hydrogen-bond donors (Lipinski definition) is 0. The zero-order valence-electron chi connectivity index (χ0n) is 32.9. The van der Waals surface area contributed by atoms with Crippen molar-refractivity contribution in [2.45, 2.75) is 0 Å². The van der Waals surface area contributed by atoms with Crippen molar-refractivity contribution >= 4 is 59.3 Å². The third-order valence-corrected chi connectivity index (χ3v) is 12.8. The van der Waals surface area contributed by atoms with Crippen LogP contribution in [0.3, 0.4) is 0 Å². The van der Waals surface area contributed by atoms with Gasteiger partial charge in [-0.05, 0) is 97.7 Å². The highest BCUT2D eigenvalue weighted by molar-refractivity contribution is 7.25. The Morgan fingerprint density at radius 2 is 0.750 bits per heavy atom. The molecule has 1 heterocycles. The summed E-state index contributed by atoms with van der Waals surface area (Å²) in [6.45, 7) is 0. The molecule has 0 saturated carbocycles. The maximum Gasteiger partial charge on any atom is 0.0540 e. The first-order valence-electron chi connectivity index (χ1n) is 20.5. The smallest absolute Gasteiger partial charge is 0.0540 e. The van der Waals surface area contributed by atoms with Gasteiger partial charge < -0.3 is 4.90 Å². The first-order valence-corrected chi connectivity index (χ1v) is 21.3. The molecule has 1 nitrogen and oxygen atoms in total. The summed E-state index contributed by atoms with van der Waals surface area (Å²) in [6.07, 6.45) is 0. The molecule has 1 aromatic heterocycles. The minimum absolute atomic E-state index is 1.09. The normalized spacial score (nSPS) is 11.3. The van der Waals surface area contributed by atoms with Gasteiger partial charge in [0.15, 0.2) is 0 Å². The van der Waals surface area contributed by atoms with Gasteiger partial charge in [0.05, 0.1) is 11.4 Å². The molecule has 282 valence electrons. The van der Waals surface area contributed by atoms with E-state index in [1.807, 2.05) is 11.3 Å². The number of para-hydroxylation sites is 2. The third-order valence-electron chi connectivity index (χ3n) is 11.7. The van der Waals surface area contributed by atoms with Gasteiger partial charge in [-0.15, -0.1) is 11.3 Å². The van der Waals surface area contributed by atoms with E-state index < -0.39 is 0 Å². The Bertz CT molecular complexity index is 3300. The molecular formula is C58H39NS. The quantitative estimate of drug-likeness (QED) is 0.148. The molecule has 60 heavy (non-hydrogen) atoms. The summed E-state index contributed by atoms with van der Waals surface area (Å²) in [7, 11) is 0. The Kier molecular flexibility index (Phi) is 9.11. The molecule has 11 rings (SSSR count). The fraction of sp³-hybridized carbons (Fsp3) is 0. The highest BCUT2D eigenvalue weighted by Gasteiger charge is 2.21. The van der Waals surface area contributed by atoms with Gasteiger partial charge in [-0.3, -0.25) is 0 Å². The molecular weight excluding hydrogens is 743 g/mol. The summed E-state index contributed by atoms with van der Waals surface area (Å²) < 4.78 is 2.63. The van der Waals surface area contributed by atoms with E-state index in [9.17, 15) is 0 Å². The number of anilines is 3. The second kappa shape index (κ2) is 15.3. The van der Waals surface area contributed by atoms with Crippen molar-refractivity contribution in [1.29, 1.82) is 0 Å².